The van der Waals surface area contributed by atoms with Gasteiger partial charge in [0.05, 0.1) is 23.5 Å². The molecule has 0 saturated carbocycles. The maximum absolute atomic E-state index is 12.8. The monoisotopic (exact) mass is 379 g/mol. The fourth-order valence-corrected chi connectivity index (χ4v) is 4.21. The molecular formula is C19H29NO5Si. The minimum Gasteiger partial charge on any atom is -0.547 e. The number of Topliss-reactive ketones (excluding diaryl/α,β-unsaturated/α-hetero) is 1. The molecule has 0 aliphatic heterocycles. The van der Waals surface area contributed by atoms with E-state index >= 15 is 0 Å². The molecule has 0 bridgehead atoms. The zero-order chi connectivity index (χ0) is 19.9. The van der Waals surface area contributed by atoms with Crippen LogP contribution in [0.4, 0.5) is 0 Å². The van der Waals surface area contributed by atoms with Gasteiger partial charge in [0.1, 0.15) is 0 Å². The normalized spacial score (nSPS) is 26.7. The van der Waals surface area contributed by atoms with E-state index in [4.69, 9.17) is 9.16 Å². The molecule has 0 radical (unpaired) electrons. The minimum atomic E-state index is -2.06. The second-order valence-corrected chi connectivity index (χ2v) is 13.3. The van der Waals surface area contributed by atoms with Gasteiger partial charge in [-0.15, -0.1) is 0 Å². The van der Waals surface area contributed by atoms with Crippen LogP contribution in [0.2, 0.25) is 18.1 Å². The van der Waals surface area contributed by atoms with Crippen molar-refractivity contribution in [1.82, 2.24) is 5.32 Å². The third-order valence-corrected chi connectivity index (χ3v) is 9.94. The molecule has 2 aliphatic rings. The van der Waals surface area contributed by atoms with Crippen LogP contribution in [0.15, 0.2) is 23.6 Å². The van der Waals surface area contributed by atoms with Crippen LogP contribution in [0.1, 0.15) is 34.1 Å². The summed E-state index contributed by atoms with van der Waals surface area (Å²) in [6.45, 7) is 12.0. The number of fused-ring (bicyclic) bond motifs is 1. The van der Waals surface area contributed by atoms with Crippen molar-refractivity contribution in [3.8, 4) is 0 Å². The van der Waals surface area contributed by atoms with E-state index in [-0.39, 0.29) is 28.2 Å². The molecule has 2 rings (SSSR count). The van der Waals surface area contributed by atoms with E-state index < -0.39 is 26.3 Å². The quantitative estimate of drug-likeness (QED) is 0.760. The molecule has 2 aliphatic carbocycles. The summed E-state index contributed by atoms with van der Waals surface area (Å²) in [6.07, 6.45) is 2.89. The van der Waals surface area contributed by atoms with E-state index in [0.717, 1.165) is 5.76 Å². The number of carbonyl (C=O) groups is 3. The van der Waals surface area contributed by atoms with Crippen LogP contribution >= 0.6 is 0 Å². The zero-order valence-corrected chi connectivity index (χ0v) is 17.6. The number of ketones is 2. The fraction of sp³-hybridized carbons (Fsp3) is 0.632. The molecule has 7 heteroatoms. The molecule has 1 amide bonds. The molecule has 6 nitrogen and oxygen atoms in total. The number of carbonyl (C=O) groups excluding carboxylic acids is 3. The first-order valence-corrected chi connectivity index (χ1v) is 11.8. The maximum atomic E-state index is 12.8. The van der Waals surface area contributed by atoms with Crippen LogP contribution in [0.5, 0.6) is 0 Å². The van der Waals surface area contributed by atoms with Gasteiger partial charge in [-0.2, -0.15) is 0 Å². The molecule has 0 spiro atoms. The lowest BCUT2D eigenvalue weighted by molar-refractivity contribution is -0.135. The first-order chi connectivity index (χ1) is 11.9. The molecule has 1 N–H and O–H groups in total. The van der Waals surface area contributed by atoms with Gasteiger partial charge in [-0.05, 0) is 24.2 Å². The van der Waals surface area contributed by atoms with Crippen LogP contribution in [-0.2, 0) is 23.5 Å². The van der Waals surface area contributed by atoms with Crippen LogP contribution in [0, 0.1) is 11.8 Å². The van der Waals surface area contributed by atoms with Crippen LogP contribution in [0.3, 0.4) is 0 Å². The summed E-state index contributed by atoms with van der Waals surface area (Å²) >= 11 is 0. The molecule has 0 saturated heterocycles. The van der Waals surface area contributed by atoms with Crippen molar-refractivity contribution in [1.29, 1.82) is 0 Å². The Hall–Kier alpha value is -1.73. The molecule has 0 aromatic carbocycles. The van der Waals surface area contributed by atoms with Gasteiger partial charge in [0.25, 0.3) is 0 Å². The summed E-state index contributed by atoms with van der Waals surface area (Å²) < 4.78 is 11.9. The van der Waals surface area contributed by atoms with Gasteiger partial charge in [0, 0.05) is 32.4 Å². The Bertz CT molecular complexity index is 687. The zero-order valence-electron chi connectivity index (χ0n) is 16.6. The van der Waals surface area contributed by atoms with Gasteiger partial charge in [-0.25, -0.2) is 0 Å². The van der Waals surface area contributed by atoms with E-state index in [1.165, 1.54) is 20.1 Å². The van der Waals surface area contributed by atoms with Gasteiger partial charge in [0.2, 0.25) is 14.2 Å². The molecule has 144 valence electrons. The standard InChI is InChI=1S/C19H29NO5Si/c1-11(21)20-14-10-15(22)13-8-12(25-26(6,7)19(2,3)4)9-16(24-5)17(13)18(14)23/h9-10,13,16-17H,8H2,1-7H3,(H,20,21). The van der Waals surface area contributed by atoms with Crippen LogP contribution in [-0.4, -0.2) is 39.0 Å². The lowest BCUT2D eigenvalue weighted by Crippen LogP contribution is -2.49. The van der Waals surface area contributed by atoms with Crippen molar-refractivity contribution in [2.45, 2.75) is 58.4 Å². The number of allylic oxidation sites excluding steroid dienone is 3. The lowest BCUT2D eigenvalue weighted by atomic mass is 9.71. The first-order valence-electron chi connectivity index (χ1n) is 8.87. The Balaban J connectivity index is 2.32. The summed E-state index contributed by atoms with van der Waals surface area (Å²) in [7, 11) is -0.542. The maximum Gasteiger partial charge on any atom is 0.250 e. The van der Waals surface area contributed by atoms with Gasteiger partial charge < -0.3 is 14.5 Å². The lowest BCUT2D eigenvalue weighted by Gasteiger charge is -2.42. The number of amides is 1. The Kier molecular flexibility index (Phi) is 5.63. The van der Waals surface area contributed by atoms with Gasteiger partial charge in [-0.1, -0.05) is 20.8 Å². The van der Waals surface area contributed by atoms with Gasteiger partial charge in [0.15, 0.2) is 11.6 Å². The summed E-state index contributed by atoms with van der Waals surface area (Å²) in [5.74, 6) is -1.25. The molecule has 3 unspecified atom stereocenters. The summed E-state index contributed by atoms with van der Waals surface area (Å²) in [6, 6.07) is 0. The smallest absolute Gasteiger partial charge is 0.250 e. The highest BCUT2D eigenvalue weighted by Crippen LogP contribution is 2.42. The Morgan fingerprint density at radius 2 is 1.88 bits per heavy atom. The predicted molar refractivity (Wildman–Crippen MR) is 101 cm³/mol. The highest BCUT2D eigenvalue weighted by molar-refractivity contribution is 6.74. The molecular weight excluding hydrogens is 350 g/mol. The highest BCUT2D eigenvalue weighted by Gasteiger charge is 2.48. The Morgan fingerprint density at radius 1 is 1.27 bits per heavy atom. The summed E-state index contributed by atoms with van der Waals surface area (Å²) in [5.41, 5.74) is 0.0490. The average Bonchev–Trinajstić information content (AvgIpc) is 2.49. The van der Waals surface area contributed by atoms with Crippen LogP contribution in [0.25, 0.3) is 0 Å². The van der Waals surface area contributed by atoms with Gasteiger partial charge in [-0.3, -0.25) is 14.4 Å². The third-order valence-electron chi connectivity index (χ3n) is 5.55. The number of hydrogen-bond acceptors (Lipinski definition) is 5. The van der Waals surface area contributed by atoms with Gasteiger partial charge >= 0.3 is 0 Å². The van der Waals surface area contributed by atoms with Crippen molar-refractivity contribution < 1.29 is 23.5 Å². The van der Waals surface area contributed by atoms with E-state index in [2.05, 4.69) is 39.2 Å². The minimum absolute atomic E-state index is 0.0259. The topological polar surface area (TPSA) is 81.7 Å². The van der Waals surface area contributed by atoms with Crippen LogP contribution < -0.4 is 5.32 Å². The largest absolute Gasteiger partial charge is 0.547 e. The highest BCUT2D eigenvalue weighted by atomic mass is 28.4. The summed E-state index contributed by atoms with van der Waals surface area (Å²) in [5, 5.41) is 2.49. The fourth-order valence-electron chi connectivity index (χ4n) is 3.10. The third kappa shape index (κ3) is 3.99. The van der Waals surface area contributed by atoms with Crippen molar-refractivity contribution in [3.63, 3.8) is 0 Å². The predicted octanol–water partition coefficient (Wildman–Crippen LogP) is 2.72. The van der Waals surface area contributed by atoms with Crippen molar-refractivity contribution in [2.24, 2.45) is 11.8 Å². The van der Waals surface area contributed by atoms with E-state index in [0.29, 0.717) is 6.42 Å². The summed E-state index contributed by atoms with van der Waals surface area (Å²) in [4.78, 5) is 36.7. The molecule has 0 heterocycles. The molecule has 26 heavy (non-hydrogen) atoms. The SMILES string of the molecule is COC1C=C(O[Si](C)(C)C(C)(C)C)CC2C(=O)C=C(NC(C)=O)C(=O)C12. The number of hydrogen-bond donors (Lipinski definition) is 1. The van der Waals surface area contributed by atoms with E-state index in [9.17, 15) is 14.4 Å². The molecule has 0 aromatic rings. The second-order valence-electron chi connectivity index (χ2n) is 8.54. The number of ether oxygens (including phenoxy) is 1. The van der Waals surface area contributed by atoms with E-state index in [1.54, 1.807) is 0 Å². The van der Waals surface area contributed by atoms with Crippen molar-refractivity contribution in [2.75, 3.05) is 7.11 Å². The number of methoxy groups -OCH3 is 1. The first kappa shape index (κ1) is 20.6. The number of nitrogens with one attached hydrogen (secondary N) is 1. The second kappa shape index (κ2) is 7.11. The Labute approximate surface area is 156 Å². The van der Waals surface area contributed by atoms with Crippen molar-refractivity contribution in [3.05, 3.63) is 23.6 Å². The number of rotatable bonds is 4. The van der Waals surface area contributed by atoms with E-state index in [1.807, 2.05) is 6.08 Å². The average molecular weight is 380 g/mol. The van der Waals surface area contributed by atoms with Crippen molar-refractivity contribution >= 4 is 25.8 Å². The molecule has 0 fully saturated rings. The molecule has 3 atom stereocenters. The molecule has 0 aromatic heterocycles. The Morgan fingerprint density at radius 3 is 2.38 bits per heavy atom.